The Morgan fingerprint density at radius 3 is 2.90 bits per heavy atom. The summed E-state index contributed by atoms with van der Waals surface area (Å²) in [6, 6.07) is 8.46. The Bertz CT molecular complexity index is 692. The largest absolute Gasteiger partial charge is 0.493 e. The van der Waals surface area contributed by atoms with Gasteiger partial charge in [-0.2, -0.15) is 0 Å². The van der Waals surface area contributed by atoms with E-state index in [2.05, 4.69) is 50.7 Å². The van der Waals surface area contributed by atoms with E-state index in [9.17, 15) is 0 Å². The van der Waals surface area contributed by atoms with Gasteiger partial charge < -0.3 is 23.8 Å². The first kappa shape index (κ1) is 21.8. The molecule has 6 heteroatoms. The highest BCUT2D eigenvalue weighted by Crippen LogP contribution is 2.22. The second-order valence-electron chi connectivity index (χ2n) is 8.11. The second kappa shape index (κ2) is 12.0. The van der Waals surface area contributed by atoms with Crippen LogP contribution in [0, 0.1) is 5.92 Å². The van der Waals surface area contributed by atoms with Crippen molar-refractivity contribution in [2.24, 2.45) is 5.92 Å². The Labute approximate surface area is 175 Å². The van der Waals surface area contributed by atoms with Gasteiger partial charge in [0, 0.05) is 57.8 Å². The number of hydrogen-bond donors (Lipinski definition) is 0. The van der Waals surface area contributed by atoms with Gasteiger partial charge in [0.25, 0.3) is 0 Å². The van der Waals surface area contributed by atoms with E-state index in [1.54, 1.807) is 7.11 Å². The lowest BCUT2D eigenvalue weighted by molar-refractivity contribution is 0.157. The highest BCUT2D eigenvalue weighted by Gasteiger charge is 2.23. The number of aromatic nitrogens is 2. The summed E-state index contributed by atoms with van der Waals surface area (Å²) in [7, 11) is 4.00. The monoisotopic (exact) mass is 400 g/mol. The highest BCUT2D eigenvalue weighted by molar-refractivity contribution is 5.33. The summed E-state index contributed by atoms with van der Waals surface area (Å²) >= 11 is 0. The summed E-state index contributed by atoms with van der Waals surface area (Å²) in [5, 5.41) is 0. The van der Waals surface area contributed by atoms with E-state index < -0.39 is 0 Å². The minimum atomic E-state index is 0.744. The van der Waals surface area contributed by atoms with E-state index in [0.29, 0.717) is 0 Å². The van der Waals surface area contributed by atoms with Crippen LogP contribution < -0.4 is 4.74 Å². The molecular formula is C23H36N4O2. The number of ether oxygens (including phenoxy) is 2. The molecule has 1 aromatic heterocycles. The molecule has 1 saturated heterocycles. The number of likely N-dealkylation sites (tertiary alicyclic amines) is 1. The number of methoxy groups -OCH3 is 1. The van der Waals surface area contributed by atoms with Gasteiger partial charge >= 0.3 is 0 Å². The van der Waals surface area contributed by atoms with E-state index in [-0.39, 0.29) is 0 Å². The standard InChI is InChI=1S/C23H36N4O2/c1-25(17-21-9-12-26(18-21)14-16-28-2)19-22-7-3-4-8-23(22)29-15-6-5-11-27-13-10-24-20-27/h3-4,7-8,10,13,20-21H,5-6,9,11-12,14-19H2,1-2H3. The zero-order chi connectivity index (χ0) is 20.3. The maximum atomic E-state index is 6.12. The molecule has 0 amide bonds. The molecule has 1 aliphatic heterocycles. The third-order valence-corrected chi connectivity index (χ3v) is 5.59. The number of aryl methyl sites for hydroxylation is 1. The molecule has 1 unspecified atom stereocenters. The van der Waals surface area contributed by atoms with Crippen LogP contribution in [0.5, 0.6) is 5.75 Å². The quantitative estimate of drug-likeness (QED) is 0.483. The lowest BCUT2D eigenvalue weighted by atomic mass is 10.1. The predicted octanol–water partition coefficient (Wildman–Crippen LogP) is 3.14. The Hall–Kier alpha value is -1.89. The van der Waals surface area contributed by atoms with Gasteiger partial charge in [-0.05, 0) is 44.8 Å². The topological polar surface area (TPSA) is 42.8 Å². The molecule has 2 aromatic rings. The molecule has 1 aliphatic rings. The lowest BCUT2D eigenvalue weighted by Gasteiger charge is -2.23. The Morgan fingerprint density at radius 1 is 1.17 bits per heavy atom. The predicted molar refractivity (Wildman–Crippen MR) is 116 cm³/mol. The van der Waals surface area contributed by atoms with Gasteiger partial charge in [-0.3, -0.25) is 0 Å². The van der Waals surface area contributed by atoms with Crippen molar-refractivity contribution >= 4 is 0 Å². The molecule has 6 nitrogen and oxygen atoms in total. The number of rotatable bonds is 13. The van der Waals surface area contributed by atoms with Crippen molar-refractivity contribution in [2.45, 2.75) is 32.4 Å². The number of nitrogens with zero attached hydrogens (tertiary/aromatic N) is 4. The molecule has 0 bridgehead atoms. The summed E-state index contributed by atoms with van der Waals surface area (Å²) in [5.74, 6) is 1.77. The third-order valence-electron chi connectivity index (χ3n) is 5.59. The van der Waals surface area contributed by atoms with Crippen molar-refractivity contribution in [2.75, 3.05) is 53.6 Å². The van der Waals surface area contributed by atoms with Crippen molar-refractivity contribution in [3.8, 4) is 5.75 Å². The lowest BCUT2D eigenvalue weighted by Crippen LogP contribution is -2.29. The summed E-state index contributed by atoms with van der Waals surface area (Å²) in [6.07, 6.45) is 9.12. The summed E-state index contributed by atoms with van der Waals surface area (Å²) < 4.78 is 13.4. The normalized spacial score (nSPS) is 17.3. The van der Waals surface area contributed by atoms with Gasteiger partial charge in [0.15, 0.2) is 0 Å². The minimum absolute atomic E-state index is 0.744. The number of imidazole rings is 1. The number of para-hydroxylation sites is 1. The van der Waals surface area contributed by atoms with Crippen LogP contribution in [0.15, 0.2) is 43.0 Å². The zero-order valence-electron chi connectivity index (χ0n) is 18.0. The first-order valence-electron chi connectivity index (χ1n) is 10.8. The molecule has 1 atom stereocenters. The van der Waals surface area contributed by atoms with Crippen LogP contribution in [-0.2, 0) is 17.8 Å². The van der Waals surface area contributed by atoms with Crippen LogP contribution in [0.4, 0.5) is 0 Å². The first-order valence-corrected chi connectivity index (χ1v) is 10.8. The van der Waals surface area contributed by atoms with E-state index in [0.717, 1.165) is 63.9 Å². The van der Waals surface area contributed by atoms with Gasteiger partial charge in [0.1, 0.15) is 5.75 Å². The van der Waals surface area contributed by atoms with Crippen LogP contribution in [0.1, 0.15) is 24.8 Å². The SMILES string of the molecule is COCCN1CCC(CN(C)Cc2ccccc2OCCCCn2ccnc2)C1. The molecule has 1 aromatic carbocycles. The van der Waals surface area contributed by atoms with Gasteiger partial charge in [-0.25, -0.2) is 4.98 Å². The van der Waals surface area contributed by atoms with Crippen molar-refractivity contribution in [1.29, 1.82) is 0 Å². The molecule has 0 saturated carbocycles. The van der Waals surface area contributed by atoms with Gasteiger partial charge in [0.05, 0.1) is 19.5 Å². The third kappa shape index (κ3) is 7.46. The molecule has 0 N–H and O–H groups in total. The number of benzene rings is 1. The van der Waals surface area contributed by atoms with Crippen LogP contribution in [-0.4, -0.2) is 72.9 Å². The van der Waals surface area contributed by atoms with Crippen molar-refractivity contribution < 1.29 is 9.47 Å². The molecule has 0 aliphatic carbocycles. The molecule has 3 rings (SSSR count). The van der Waals surface area contributed by atoms with Crippen molar-refractivity contribution in [1.82, 2.24) is 19.4 Å². The summed E-state index contributed by atoms with van der Waals surface area (Å²) in [4.78, 5) is 9.03. The summed E-state index contributed by atoms with van der Waals surface area (Å²) in [5.41, 5.74) is 1.28. The van der Waals surface area contributed by atoms with Crippen LogP contribution in [0.3, 0.4) is 0 Å². The van der Waals surface area contributed by atoms with E-state index in [4.69, 9.17) is 9.47 Å². The zero-order valence-corrected chi connectivity index (χ0v) is 18.0. The average Bonchev–Trinajstić information content (AvgIpc) is 3.39. The second-order valence-corrected chi connectivity index (χ2v) is 8.11. The van der Waals surface area contributed by atoms with Gasteiger partial charge in [0.2, 0.25) is 0 Å². The van der Waals surface area contributed by atoms with E-state index in [1.165, 1.54) is 25.1 Å². The Morgan fingerprint density at radius 2 is 2.07 bits per heavy atom. The highest BCUT2D eigenvalue weighted by atomic mass is 16.5. The smallest absolute Gasteiger partial charge is 0.123 e. The number of hydrogen-bond acceptors (Lipinski definition) is 5. The molecule has 160 valence electrons. The molecule has 0 radical (unpaired) electrons. The maximum Gasteiger partial charge on any atom is 0.123 e. The van der Waals surface area contributed by atoms with Crippen molar-refractivity contribution in [3.63, 3.8) is 0 Å². The van der Waals surface area contributed by atoms with Crippen molar-refractivity contribution in [3.05, 3.63) is 48.5 Å². The Balaban J connectivity index is 1.39. The minimum Gasteiger partial charge on any atom is -0.493 e. The molecule has 29 heavy (non-hydrogen) atoms. The average molecular weight is 401 g/mol. The van der Waals surface area contributed by atoms with Crippen LogP contribution in [0.2, 0.25) is 0 Å². The fourth-order valence-corrected chi connectivity index (χ4v) is 4.05. The molecule has 1 fully saturated rings. The molecule has 0 spiro atoms. The summed E-state index contributed by atoms with van der Waals surface area (Å²) in [6.45, 7) is 8.07. The first-order chi connectivity index (χ1) is 14.2. The van der Waals surface area contributed by atoms with E-state index >= 15 is 0 Å². The fourth-order valence-electron chi connectivity index (χ4n) is 4.05. The molecular weight excluding hydrogens is 364 g/mol. The maximum absolute atomic E-state index is 6.12. The van der Waals surface area contributed by atoms with Crippen LogP contribution in [0.25, 0.3) is 0 Å². The fraction of sp³-hybridized carbons (Fsp3) is 0.609. The van der Waals surface area contributed by atoms with Crippen LogP contribution >= 0.6 is 0 Å². The van der Waals surface area contributed by atoms with E-state index in [1.807, 2.05) is 18.7 Å². The number of unbranched alkanes of at least 4 members (excludes halogenated alkanes) is 1. The van der Waals surface area contributed by atoms with Gasteiger partial charge in [-0.1, -0.05) is 18.2 Å². The molecule has 2 heterocycles. The van der Waals surface area contributed by atoms with Gasteiger partial charge in [-0.15, -0.1) is 0 Å². The Kier molecular flexibility index (Phi) is 8.99.